The highest BCUT2D eigenvalue weighted by Gasteiger charge is 2.14. The lowest BCUT2D eigenvalue weighted by atomic mass is 10.2. The Kier molecular flexibility index (Phi) is 4.46. The van der Waals surface area contributed by atoms with Crippen LogP contribution in [-0.4, -0.2) is 16.9 Å². The predicted molar refractivity (Wildman–Crippen MR) is 65.4 cm³/mol. The summed E-state index contributed by atoms with van der Waals surface area (Å²) < 4.78 is 0. The Hall–Kier alpha value is -1.39. The van der Waals surface area contributed by atoms with E-state index in [-0.39, 0.29) is 11.1 Å². The Bertz CT molecular complexity index is 386. The number of hydrogen-bond donors (Lipinski definition) is 2. The van der Waals surface area contributed by atoms with E-state index in [2.05, 4.69) is 16.9 Å². The molecule has 0 saturated carbocycles. The van der Waals surface area contributed by atoms with Crippen molar-refractivity contribution in [3.05, 3.63) is 35.6 Å². The van der Waals surface area contributed by atoms with Crippen molar-refractivity contribution in [1.29, 1.82) is 0 Å². The van der Waals surface area contributed by atoms with Gasteiger partial charge < -0.3 is 11.1 Å². The third kappa shape index (κ3) is 3.05. The van der Waals surface area contributed by atoms with Crippen molar-refractivity contribution >= 4 is 23.2 Å². The number of aromatic nitrogens is 1. The molecule has 0 aliphatic carbocycles. The summed E-state index contributed by atoms with van der Waals surface area (Å²) in [6.45, 7) is 5.36. The molecule has 1 amide bonds. The maximum atomic E-state index is 11.6. The highest BCUT2D eigenvalue weighted by Crippen LogP contribution is 2.22. The third-order valence-corrected chi connectivity index (χ3v) is 2.41. The number of aryl methyl sites for hydroxylation is 1. The summed E-state index contributed by atoms with van der Waals surface area (Å²) >= 11 is 5.87. The van der Waals surface area contributed by atoms with Crippen LogP contribution in [0, 0.1) is 6.92 Å². The number of nitrogens with one attached hydrogen (secondary N) is 1. The Morgan fingerprint density at radius 1 is 1.81 bits per heavy atom. The fraction of sp³-hybridized carbons (Fsp3) is 0.273. The van der Waals surface area contributed by atoms with Gasteiger partial charge in [0.25, 0.3) is 0 Å². The van der Waals surface area contributed by atoms with Gasteiger partial charge in [0, 0.05) is 6.20 Å². The van der Waals surface area contributed by atoms with Crippen LogP contribution in [0.2, 0.25) is 5.15 Å². The van der Waals surface area contributed by atoms with E-state index in [1.165, 1.54) is 0 Å². The second-order valence-electron chi connectivity index (χ2n) is 3.41. The van der Waals surface area contributed by atoms with Crippen molar-refractivity contribution in [2.24, 2.45) is 5.73 Å². The molecule has 0 aliphatic rings. The zero-order valence-corrected chi connectivity index (χ0v) is 9.79. The summed E-state index contributed by atoms with van der Waals surface area (Å²) in [5.74, 6) is -0.294. The number of halogens is 1. The van der Waals surface area contributed by atoms with Gasteiger partial charge in [-0.15, -0.1) is 6.58 Å². The lowest BCUT2D eigenvalue weighted by molar-refractivity contribution is -0.117. The first-order chi connectivity index (χ1) is 7.56. The van der Waals surface area contributed by atoms with Gasteiger partial charge in [0.2, 0.25) is 5.91 Å². The molecule has 0 saturated heterocycles. The van der Waals surface area contributed by atoms with Gasteiger partial charge in [-0.3, -0.25) is 4.79 Å². The average Bonchev–Trinajstić information content (AvgIpc) is 2.23. The minimum atomic E-state index is -0.617. The molecule has 1 rings (SSSR count). The largest absolute Gasteiger partial charge is 0.322 e. The van der Waals surface area contributed by atoms with Crippen LogP contribution < -0.4 is 11.1 Å². The van der Waals surface area contributed by atoms with E-state index in [4.69, 9.17) is 17.3 Å². The Labute approximate surface area is 99.5 Å². The second kappa shape index (κ2) is 5.63. The second-order valence-corrected chi connectivity index (χ2v) is 3.77. The van der Waals surface area contributed by atoms with E-state index in [0.29, 0.717) is 12.1 Å². The molecular weight excluding hydrogens is 226 g/mol. The molecular formula is C11H14ClN3O. The molecule has 1 unspecified atom stereocenters. The Morgan fingerprint density at radius 3 is 3.06 bits per heavy atom. The molecule has 3 N–H and O–H groups in total. The van der Waals surface area contributed by atoms with Crippen LogP contribution >= 0.6 is 11.6 Å². The summed E-state index contributed by atoms with van der Waals surface area (Å²) in [5.41, 5.74) is 6.98. The molecule has 0 aromatic carbocycles. The summed E-state index contributed by atoms with van der Waals surface area (Å²) in [5, 5.41) is 2.92. The lowest BCUT2D eigenvalue weighted by Gasteiger charge is -2.12. The average molecular weight is 240 g/mol. The third-order valence-electron chi connectivity index (χ3n) is 2.12. The van der Waals surface area contributed by atoms with Gasteiger partial charge in [0.15, 0.2) is 5.15 Å². The van der Waals surface area contributed by atoms with Gasteiger partial charge in [-0.2, -0.15) is 0 Å². The van der Waals surface area contributed by atoms with Crippen LogP contribution in [0.3, 0.4) is 0 Å². The molecule has 0 fully saturated rings. The monoisotopic (exact) mass is 239 g/mol. The molecule has 0 bridgehead atoms. The van der Waals surface area contributed by atoms with E-state index in [1.807, 2.05) is 6.92 Å². The zero-order valence-electron chi connectivity index (χ0n) is 9.03. The van der Waals surface area contributed by atoms with Crippen LogP contribution in [-0.2, 0) is 4.79 Å². The van der Waals surface area contributed by atoms with Crippen LogP contribution in [0.4, 0.5) is 5.69 Å². The molecule has 1 aromatic rings. The van der Waals surface area contributed by atoms with E-state index < -0.39 is 6.04 Å². The van der Waals surface area contributed by atoms with Crippen molar-refractivity contribution in [1.82, 2.24) is 4.98 Å². The number of pyridine rings is 1. The maximum absolute atomic E-state index is 11.6. The van der Waals surface area contributed by atoms with Crippen molar-refractivity contribution < 1.29 is 4.79 Å². The fourth-order valence-corrected chi connectivity index (χ4v) is 1.43. The van der Waals surface area contributed by atoms with Crippen molar-refractivity contribution in [3.8, 4) is 0 Å². The highest BCUT2D eigenvalue weighted by atomic mass is 35.5. The normalized spacial score (nSPS) is 11.9. The van der Waals surface area contributed by atoms with Gasteiger partial charge in [-0.25, -0.2) is 4.98 Å². The topological polar surface area (TPSA) is 68.0 Å². The first kappa shape index (κ1) is 12.7. The lowest BCUT2D eigenvalue weighted by Crippen LogP contribution is -2.35. The number of nitrogens with zero attached hydrogens (tertiary/aromatic N) is 1. The van der Waals surface area contributed by atoms with Gasteiger partial charge in [0.05, 0.1) is 11.7 Å². The molecule has 86 valence electrons. The van der Waals surface area contributed by atoms with Crippen molar-refractivity contribution in [2.75, 3.05) is 5.32 Å². The molecule has 16 heavy (non-hydrogen) atoms. The van der Waals surface area contributed by atoms with E-state index >= 15 is 0 Å². The van der Waals surface area contributed by atoms with Crippen molar-refractivity contribution in [2.45, 2.75) is 19.4 Å². The summed E-state index contributed by atoms with van der Waals surface area (Å²) in [4.78, 5) is 15.5. The van der Waals surface area contributed by atoms with Crippen LogP contribution in [0.15, 0.2) is 24.9 Å². The number of amides is 1. The number of nitrogens with two attached hydrogens (primary N) is 1. The first-order valence-corrected chi connectivity index (χ1v) is 5.22. The van der Waals surface area contributed by atoms with Gasteiger partial charge in [-0.05, 0) is 25.0 Å². The zero-order chi connectivity index (χ0) is 12.1. The molecule has 1 aromatic heterocycles. The van der Waals surface area contributed by atoms with Gasteiger partial charge in [0.1, 0.15) is 0 Å². The fourth-order valence-electron chi connectivity index (χ4n) is 1.18. The first-order valence-electron chi connectivity index (χ1n) is 4.84. The summed E-state index contributed by atoms with van der Waals surface area (Å²) in [6, 6.07) is 1.15. The number of carbonyl (C=O) groups is 1. The standard InChI is InChI=1S/C11H14ClN3O/c1-3-4-8(13)11(16)15-9-7(2)5-6-14-10(9)12/h3,5-6,8H,1,4,13H2,2H3,(H,15,16). The molecule has 1 heterocycles. The highest BCUT2D eigenvalue weighted by molar-refractivity contribution is 6.32. The Balaban J connectivity index is 2.80. The number of carbonyl (C=O) groups excluding carboxylic acids is 1. The van der Waals surface area contributed by atoms with E-state index in [0.717, 1.165) is 5.56 Å². The van der Waals surface area contributed by atoms with Gasteiger partial charge >= 0.3 is 0 Å². The molecule has 0 spiro atoms. The number of anilines is 1. The molecule has 0 aliphatic heterocycles. The summed E-state index contributed by atoms with van der Waals surface area (Å²) in [7, 11) is 0. The predicted octanol–water partition coefficient (Wildman–Crippen LogP) is 1.89. The number of hydrogen-bond acceptors (Lipinski definition) is 3. The van der Waals surface area contributed by atoms with E-state index in [9.17, 15) is 4.79 Å². The van der Waals surface area contributed by atoms with Crippen LogP contribution in [0.1, 0.15) is 12.0 Å². The quantitative estimate of drug-likeness (QED) is 0.623. The number of rotatable bonds is 4. The molecule has 4 nitrogen and oxygen atoms in total. The molecule has 1 atom stereocenters. The SMILES string of the molecule is C=CCC(N)C(=O)Nc1c(C)ccnc1Cl. The van der Waals surface area contributed by atoms with Crippen molar-refractivity contribution in [3.63, 3.8) is 0 Å². The van der Waals surface area contributed by atoms with Crippen LogP contribution in [0.5, 0.6) is 0 Å². The van der Waals surface area contributed by atoms with Gasteiger partial charge in [-0.1, -0.05) is 17.7 Å². The van der Waals surface area contributed by atoms with Crippen LogP contribution in [0.25, 0.3) is 0 Å². The molecule has 5 heteroatoms. The summed E-state index contributed by atoms with van der Waals surface area (Å²) in [6.07, 6.45) is 3.60. The minimum Gasteiger partial charge on any atom is -0.322 e. The minimum absolute atomic E-state index is 0.263. The van der Waals surface area contributed by atoms with E-state index in [1.54, 1.807) is 18.3 Å². The molecule has 0 radical (unpaired) electrons. The smallest absolute Gasteiger partial charge is 0.241 e. The maximum Gasteiger partial charge on any atom is 0.241 e. The Morgan fingerprint density at radius 2 is 2.50 bits per heavy atom.